The molecule has 1 amide bonds. The first-order valence-corrected chi connectivity index (χ1v) is 17.8. The standard InChI is InChI=1S/C37H49F6N5O/c1-47(20-17-26-23-28(36(38,39)40)25-29(24-26)37(41,42)43)34(49)33(27-11-5-2-6-12-27)48-21-18-32(19-22-48)46-35(44-30-13-7-3-8-14-30)45-31-15-9-4-10-16-31/h2,5-6,11-12,23-25,30-33H,3-4,7-10,13-22H2,1H3,(H2,44,45,46)/t33-/m0/s1. The van der Waals surface area contributed by atoms with Crippen LogP contribution in [-0.2, 0) is 23.6 Å². The lowest BCUT2D eigenvalue weighted by molar-refractivity contribution is -0.143. The maximum absolute atomic E-state index is 14.0. The van der Waals surface area contributed by atoms with E-state index in [0.29, 0.717) is 25.2 Å². The van der Waals surface area contributed by atoms with Gasteiger partial charge in [0.1, 0.15) is 6.04 Å². The molecule has 0 aromatic heterocycles. The quantitative estimate of drug-likeness (QED) is 0.158. The van der Waals surface area contributed by atoms with Crippen molar-refractivity contribution in [3.05, 3.63) is 70.8 Å². The Morgan fingerprint density at radius 2 is 1.31 bits per heavy atom. The summed E-state index contributed by atoms with van der Waals surface area (Å²) in [5, 5.41) is 7.47. The third-order valence-corrected chi connectivity index (χ3v) is 10.2. The molecule has 0 bridgehead atoms. The number of likely N-dealkylation sites (N-methyl/N-ethyl adjacent to an activating group) is 1. The molecular formula is C37H49F6N5O. The third kappa shape index (κ3) is 10.6. The van der Waals surface area contributed by atoms with Gasteiger partial charge in [-0.25, -0.2) is 4.99 Å². The van der Waals surface area contributed by atoms with Gasteiger partial charge in [0.25, 0.3) is 0 Å². The monoisotopic (exact) mass is 693 g/mol. The van der Waals surface area contributed by atoms with E-state index in [4.69, 9.17) is 4.99 Å². The number of carbonyl (C=O) groups excluding carboxylic acids is 1. The van der Waals surface area contributed by atoms with Crippen LogP contribution in [0.5, 0.6) is 0 Å². The van der Waals surface area contributed by atoms with Gasteiger partial charge in [0.15, 0.2) is 5.96 Å². The number of alkyl halides is 6. The molecule has 2 aromatic rings. The minimum absolute atomic E-state index is 0.0371. The normalized spacial score (nSPS) is 19.7. The Morgan fingerprint density at radius 1 is 0.796 bits per heavy atom. The van der Waals surface area contributed by atoms with Gasteiger partial charge >= 0.3 is 12.4 Å². The summed E-state index contributed by atoms with van der Waals surface area (Å²) in [6.45, 7) is 1.20. The molecule has 3 fully saturated rings. The highest BCUT2D eigenvalue weighted by Crippen LogP contribution is 2.36. The average Bonchev–Trinajstić information content (AvgIpc) is 3.08. The topological polar surface area (TPSA) is 60.0 Å². The van der Waals surface area contributed by atoms with Gasteiger partial charge in [0.2, 0.25) is 5.91 Å². The van der Waals surface area contributed by atoms with Crippen molar-refractivity contribution < 1.29 is 31.1 Å². The molecule has 1 heterocycles. The fourth-order valence-corrected chi connectivity index (χ4v) is 7.38. The SMILES string of the molecule is CN(CCc1cc(C(F)(F)F)cc(C(F)(F)F)c1)C(=O)[C@H](c1ccccc1)N1CCC(N=C(NC2CCCCC2)NC2CCCCC2)CC1. The predicted molar refractivity (Wildman–Crippen MR) is 179 cm³/mol. The summed E-state index contributed by atoms with van der Waals surface area (Å²) in [4.78, 5) is 22.7. The highest BCUT2D eigenvalue weighted by Gasteiger charge is 2.37. The minimum atomic E-state index is -4.93. The van der Waals surface area contributed by atoms with Crippen molar-refractivity contribution in [3.8, 4) is 0 Å². The summed E-state index contributed by atoms with van der Waals surface area (Å²) in [6.07, 6.45) is 3.56. The Balaban J connectivity index is 1.27. The average molecular weight is 694 g/mol. The molecule has 1 aliphatic heterocycles. The van der Waals surface area contributed by atoms with Crippen molar-refractivity contribution >= 4 is 11.9 Å². The lowest BCUT2D eigenvalue weighted by Gasteiger charge is -2.38. The van der Waals surface area contributed by atoms with Crippen molar-refractivity contribution in [2.45, 2.75) is 120 Å². The van der Waals surface area contributed by atoms with Crippen LogP contribution in [-0.4, -0.2) is 66.5 Å². The zero-order valence-electron chi connectivity index (χ0n) is 28.3. The third-order valence-electron chi connectivity index (χ3n) is 10.2. The molecule has 6 nitrogen and oxygen atoms in total. The first kappa shape index (κ1) is 37.0. The molecule has 0 unspecified atom stereocenters. The fourth-order valence-electron chi connectivity index (χ4n) is 7.38. The lowest BCUT2D eigenvalue weighted by atomic mass is 9.95. The number of hydrogen-bond acceptors (Lipinski definition) is 3. The molecule has 5 rings (SSSR count). The Bertz CT molecular complexity index is 1320. The van der Waals surface area contributed by atoms with Gasteiger partial charge < -0.3 is 15.5 Å². The second kappa shape index (κ2) is 16.6. The van der Waals surface area contributed by atoms with E-state index < -0.39 is 29.5 Å². The van der Waals surface area contributed by atoms with Gasteiger partial charge in [0.05, 0.1) is 17.2 Å². The van der Waals surface area contributed by atoms with Crippen LogP contribution < -0.4 is 10.6 Å². The van der Waals surface area contributed by atoms with Gasteiger partial charge in [-0.05, 0) is 74.3 Å². The van der Waals surface area contributed by atoms with Crippen LogP contribution in [0.15, 0.2) is 53.5 Å². The summed E-state index contributed by atoms with van der Waals surface area (Å²) in [6, 6.07) is 11.2. The molecule has 2 N–H and O–H groups in total. The highest BCUT2D eigenvalue weighted by atomic mass is 19.4. The molecule has 3 aliphatic rings. The largest absolute Gasteiger partial charge is 0.416 e. The molecule has 2 aliphatic carbocycles. The van der Waals surface area contributed by atoms with Gasteiger partial charge in [-0.15, -0.1) is 0 Å². The van der Waals surface area contributed by atoms with E-state index in [1.54, 1.807) is 7.05 Å². The molecule has 1 atom stereocenters. The van der Waals surface area contributed by atoms with E-state index in [0.717, 1.165) is 62.2 Å². The number of likely N-dealkylation sites (tertiary alicyclic amines) is 1. The first-order valence-electron chi connectivity index (χ1n) is 17.8. The number of rotatable bonds is 9. The number of aliphatic imine (C=N–C) groups is 1. The van der Waals surface area contributed by atoms with Crippen LogP contribution in [0.2, 0.25) is 0 Å². The number of halogens is 6. The second-order valence-electron chi connectivity index (χ2n) is 13.9. The van der Waals surface area contributed by atoms with Gasteiger partial charge in [0, 0.05) is 38.8 Å². The summed E-state index contributed by atoms with van der Waals surface area (Å²) < 4.78 is 80.5. The van der Waals surface area contributed by atoms with E-state index >= 15 is 0 Å². The highest BCUT2D eigenvalue weighted by molar-refractivity contribution is 5.83. The van der Waals surface area contributed by atoms with E-state index in [1.807, 2.05) is 30.3 Å². The van der Waals surface area contributed by atoms with Crippen LogP contribution in [0.1, 0.15) is 105 Å². The molecule has 0 spiro atoms. The summed E-state index contributed by atoms with van der Waals surface area (Å²) in [5.41, 5.74) is -2.05. The number of guanidine groups is 1. The number of nitrogens with zero attached hydrogens (tertiary/aromatic N) is 3. The second-order valence-corrected chi connectivity index (χ2v) is 13.9. The van der Waals surface area contributed by atoms with E-state index in [-0.39, 0.29) is 36.5 Å². The molecule has 270 valence electrons. The molecule has 2 aromatic carbocycles. The molecular weight excluding hydrogens is 644 g/mol. The molecule has 1 saturated heterocycles. The van der Waals surface area contributed by atoms with Crippen LogP contribution >= 0.6 is 0 Å². The zero-order chi connectivity index (χ0) is 35.0. The fraction of sp³-hybridized carbons (Fsp3) is 0.622. The Kier molecular flexibility index (Phi) is 12.5. The molecule has 49 heavy (non-hydrogen) atoms. The zero-order valence-corrected chi connectivity index (χ0v) is 28.3. The number of nitrogens with one attached hydrogen (secondary N) is 2. The van der Waals surface area contributed by atoms with Crippen molar-refractivity contribution in [2.75, 3.05) is 26.7 Å². The first-order chi connectivity index (χ1) is 23.4. The van der Waals surface area contributed by atoms with Crippen molar-refractivity contribution in [3.63, 3.8) is 0 Å². The Hall–Kier alpha value is -3.28. The number of piperidine rings is 1. The van der Waals surface area contributed by atoms with E-state index in [1.165, 1.54) is 43.4 Å². The smallest absolute Gasteiger partial charge is 0.354 e. The number of benzene rings is 2. The lowest BCUT2D eigenvalue weighted by Crippen LogP contribution is -2.50. The van der Waals surface area contributed by atoms with Crippen molar-refractivity contribution in [1.82, 2.24) is 20.4 Å². The van der Waals surface area contributed by atoms with E-state index in [9.17, 15) is 31.1 Å². The van der Waals surface area contributed by atoms with Gasteiger partial charge in [-0.1, -0.05) is 68.9 Å². The molecule has 0 radical (unpaired) electrons. The summed E-state index contributed by atoms with van der Waals surface area (Å²) in [5.74, 6) is 0.644. The molecule has 12 heteroatoms. The number of amides is 1. The summed E-state index contributed by atoms with van der Waals surface area (Å²) in [7, 11) is 1.55. The molecule has 2 saturated carbocycles. The van der Waals surface area contributed by atoms with Crippen molar-refractivity contribution in [1.29, 1.82) is 0 Å². The number of hydrogen-bond donors (Lipinski definition) is 2. The van der Waals surface area contributed by atoms with Gasteiger partial charge in [-0.2, -0.15) is 26.3 Å². The van der Waals surface area contributed by atoms with Gasteiger partial charge in [-0.3, -0.25) is 9.69 Å². The maximum Gasteiger partial charge on any atom is 0.416 e. The Labute approximate surface area is 285 Å². The number of carbonyl (C=O) groups is 1. The minimum Gasteiger partial charge on any atom is -0.354 e. The van der Waals surface area contributed by atoms with Crippen LogP contribution in [0.25, 0.3) is 0 Å². The maximum atomic E-state index is 14.0. The summed E-state index contributed by atoms with van der Waals surface area (Å²) >= 11 is 0. The van der Waals surface area contributed by atoms with Crippen LogP contribution in [0, 0.1) is 0 Å². The van der Waals surface area contributed by atoms with Crippen molar-refractivity contribution in [2.24, 2.45) is 4.99 Å². The van der Waals surface area contributed by atoms with Crippen LogP contribution in [0.4, 0.5) is 26.3 Å². The Morgan fingerprint density at radius 3 is 1.80 bits per heavy atom. The van der Waals surface area contributed by atoms with E-state index in [2.05, 4.69) is 15.5 Å². The predicted octanol–water partition coefficient (Wildman–Crippen LogP) is 8.13. The van der Waals surface area contributed by atoms with Crippen LogP contribution in [0.3, 0.4) is 0 Å².